The molecule has 0 saturated carbocycles. The van der Waals surface area contributed by atoms with Crippen molar-refractivity contribution in [2.75, 3.05) is 0 Å². The molecule has 1 heterocycles. The van der Waals surface area contributed by atoms with Crippen LogP contribution in [0.25, 0.3) is 10.8 Å². The maximum absolute atomic E-state index is 12.6. The first-order valence-corrected chi connectivity index (χ1v) is 8.97. The van der Waals surface area contributed by atoms with Crippen molar-refractivity contribution in [3.05, 3.63) is 70.5 Å². The predicted octanol–water partition coefficient (Wildman–Crippen LogP) is 3.66. The van der Waals surface area contributed by atoms with E-state index >= 15 is 0 Å². The van der Waals surface area contributed by atoms with Crippen molar-refractivity contribution in [2.24, 2.45) is 0 Å². The number of amides is 1. The summed E-state index contributed by atoms with van der Waals surface area (Å²) in [4.78, 5) is 16.2. The van der Waals surface area contributed by atoms with E-state index in [0.29, 0.717) is 10.8 Å². The fraction of sp³-hybridized carbons (Fsp3) is 0. The highest BCUT2D eigenvalue weighted by atomic mass is 35.5. The average Bonchev–Trinajstić information content (AvgIpc) is 2.53. The Morgan fingerprint density at radius 3 is 2.46 bits per heavy atom. The number of pyridine rings is 1. The summed E-state index contributed by atoms with van der Waals surface area (Å²) in [6.07, 6.45) is 3.03. The van der Waals surface area contributed by atoms with E-state index in [-0.39, 0.29) is 20.5 Å². The third-order valence-electron chi connectivity index (χ3n) is 3.28. The van der Waals surface area contributed by atoms with E-state index in [9.17, 15) is 13.2 Å². The molecule has 122 valence electrons. The van der Waals surface area contributed by atoms with Gasteiger partial charge in [-0.15, -0.1) is 0 Å². The molecule has 1 N–H and O–H groups in total. The molecule has 0 saturated heterocycles. The molecular weight excluding hydrogens is 371 g/mol. The first-order chi connectivity index (χ1) is 11.4. The Bertz CT molecular complexity index is 1030. The second-order valence-electron chi connectivity index (χ2n) is 4.95. The normalized spacial score (nSPS) is 11.4. The lowest BCUT2D eigenvalue weighted by Crippen LogP contribution is -2.30. The first-order valence-electron chi connectivity index (χ1n) is 6.73. The van der Waals surface area contributed by atoms with E-state index in [4.69, 9.17) is 23.2 Å². The summed E-state index contributed by atoms with van der Waals surface area (Å²) in [6.45, 7) is 0. The molecule has 0 unspecified atom stereocenters. The summed E-state index contributed by atoms with van der Waals surface area (Å²) < 4.78 is 27.2. The number of benzene rings is 2. The van der Waals surface area contributed by atoms with Gasteiger partial charge in [-0.1, -0.05) is 35.3 Å². The number of carbonyl (C=O) groups is 1. The SMILES string of the molecule is O=C(NS(=O)(=O)c1cccc2cnccc12)c1cc(Cl)cc(Cl)c1. The second-order valence-corrected chi connectivity index (χ2v) is 7.47. The van der Waals surface area contributed by atoms with Crippen LogP contribution in [0.15, 0.2) is 59.8 Å². The quantitative estimate of drug-likeness (QED) is 0.751. The van der Waals surface area contributed by atoms with Crippen molar-refractivity contribution >= 4 is 49.9 Å². The van der Waals surface area contributed by atoms with E-state index in [1.54, 1.807) is 24.4 Å². The summed E-state index contributed by atoms with van der Waals surface area (Å²) in [6, 6.07) is 10.4. The predicted molar refractivity (Wildman–Crippen MR) is 92.9 cm³/mol. The summed E-state index contributed by atoms with van der Waals surface area (Å²) in [5.74, 6) is -0.814. The van der Waals surface area contributed by atoms with Crippen LogP contribution in [0.4, 0.5) is 0 Å². The molecule has 0 atom stereocenters. The molecule has 8 heteroatoms. The molecule has 0 radical (unpaired) electrons. The molecule has 5 nitrogen and oxygen atoms in total. The van der Waals surface area contributed by atoms with Crippen molar-refractivity contribution in [2.45, 2.75) is 4.90 Å². The van der Waals surface area contributed by atoms with Crippen LogP contribution in [0.2, 0.25) is 10.0 Å². The van der Waals surface area contributed by atoms with Crippen molar-refractivity contribution in [1.29, 1.82) is 0 Å². The molecule has 1 amide bonds. The van der Waals surface area contributed by atoms with Gasteiger partial charge in [0.25, 0.3) is 15.9 Å². The van der Waals surface area contributed by atoms with Crippen molar-refractivity contribution in [3.63, 3.8) is 0 Å². The van der Waals surface area contributed by atoms with Crippen LogP contribution in [-0.4, -0.2) is 19.3 Å². The number of fused-ring (bicyclic) bond motifs is 1. The van der Waals surface area contributed by atoms with Gasteiger partial charge in [0.15, 0.2) is 0 Å². The molecule has 0 bridgehead atoms. The Labute approximate surface area is 148 Å². The van der Waals surface area contributed by atoms with E-state index < -0.39 is 15.9 Å². The number of nitrogens with one attached hydrogen (secondary N) is 1. The van der Waals surface area contributed by atoms with Crippen molar-refractivity contribution < 1.29 is 13.2 Å². The summed E-state index contributed by atoms with van der Waals surface area (Å²) in [5.41, 5.74) is 0.0537. The summed E-state index contributed by atoms with van der Waals surface area (Å²) >= 11 is 11.7. The number of halogens is 2. The van der Waals surface area contributed by atoms with Gasteiger partial charge in [0.2, 0.25) is 0 Å². The molecule has 1 aromatic heterocycles. The van der Waals surface area contributed by atoms with E-state index in [0.717, 1.165) is 0 Å². The lowest BCUT2D eigenvalue weighted by Gasteiger charge is -2.10. The van der Waals surface area contributed by atoms with Crippen LogP contribution in [0.1, 0.15) is 10.4 Å². The molecular formula is C16H10Cl2N2O3S. The van der Waals surface area contributed by atoms with Gasteiger partial charge in [-0.05, 0) is 30.3 Å². The Morgan fingerprint density at radius 2 is 1.75 bits per heavy atom. The number of rotatable bonds is 3. The van der Waals surface area contributed by atoms with Gasteiger partial charge in [0.1, 0.15) is 0 Å². The minimum atomic E-state index is -4.07. The van der Waals surface area contributed by atoms with Gasteiger partial charge in [-0.3, -0.25) is 9.78 Å². The molecule has 0 aliphatic heterocycles. The highest BCUT2D eigenvalue weighted by molar-refractivity contribution is 7.90. The highest BCUT2D eigenvalue weighted by Crippen LogP contribution is 2.23. The highest BCUT2D eigenvalue weighted by Gasteiger charge is 2.21. The summed E-state index contributed by atoms with van der Waals surface area (Å²) in [5, 5.41) is 1.60. The van der Waals surface area contributed by atoms with Crippen molar-refractivity contribution in [3.8, 4) is 0 Å². The lowest BCUT2D eigenvalue weighted by atomic mass is 10.2. The molecule has 24 heavy (non-hydrogen) atoms. The van der Waals surface area contributed by atoms with Crippen LogP contribution in [0.3, 0.4) is 0 Å². The van der Waals surface area contributed by atoms with Gasteiger partial charge in [0, 0.05) is 38.8 Å². The molecule has 0 fully saturated rings. The fourth-order valence-corrected chi connectivity index (χ4v) is 3.98. The molecule has 0 aliphatic carbocycles. The topological polar surface area (TPSA) is 76.1 Å². The Morgan fingerprint density at radius 1 is 1.04 bits per heavy atom. The molecule has 0 aliphatic rings. The summed E-state index contributed by atoms with van der Waals surface area (Å²) in [7, 11) is -4.07. The molecule has 2 aromatic carbocycles. The van der Waals surface area contributed by atoms with Crippen LogP contribution in [0, 0.1) is 0 Å². The van der Waals surface area contributed by atoms with E-state index in [1.807, 2.05) is 4.72 Å². The van der Waals surface area contributed by atoms with Crippen LogP contribution < -0.4 is 4.72 Å². The van der Waals surface area contributed by atoms with Gasteiger partial charge in [-0.25, -0.2) is 13.1 Å². The molecule has 3 rings (SSSR count). The largest absolute Gasteiger partial charge is 0.268 e. The maximum atomic E-state index is 12.6. The van der Waals surface area contributed by atoms with Gasteiger partial charge < -0.3 is 0 Å². The zero-order valence-corrected chi connectivity index (χ0v) is 14.4. The number of sulfonamides is 1. The smallest absolute Gasteiger partial charge is 0.265 e. The van der Waals surface area contributed by atoms with Gasteiger partial charge >= 0.3 is 0 Å². The fourth-order valence-electron chi connectivity index (χ4n) is 2.25. The van der Waals surface area contributed by atoms with Gasteiger partial charge in [0.05, 0.1) is 4.90 Å². The zero-order chi connectivity index (χ0) is 17.3. The number of aromatic nitrogens is 1. The molecule has 0 spiro atoms. The number of hydrogen-bond donors (Lipinski definition) is 1. The van der Waals surface area contributed by atoms with Crippen LogP contribution in [0.5, 0.6) is 0 Å². The van der Waals surface area contributed by atoms with Crippen LogP contribution >= 0.6 is 23.2 Å². The number of carbonyl (C=O) groups excluding carboxylic acids is 1. The monoisotopic (exact) mass is 380 g/mol. The Hall–Kier alpha value is -2.15. The van der Waals surface area contributed by atoms with Crippen LogP contribution in [-0.2, 0) is 10.0 Å². The third kappa shape index (κ3) is 3.36. The average molecular weight is 381 g/mol. The zero-order valence-electron chi connectivity index (χ0n) is 12.0. The molecule has 3 aromatic rings. The third-order valence-corrected chi connectivity index (χ3v) is 5.11. The first kappa shape index (κ1) is 16.7. The number of nitrogens with zero attached hydrogens (tertiary/aromatic N) is 1. The Kier molecular flexibility index (Phi) is 4.45. The van der Waals surface area contributed by atoms with E-state index in [2.05, 4.69) is 4.98 Å². The standard InChI is InChI=1S/C16H10Cl2N2O3S/c17-12-6-11(7-13(18)8-12)16(21)20-24(22,23)15-3-1-2-10-9-19-5-4-14(10)15/h1-9H,(H,20,21). The minimum absolute atomic E-state index is 0.0103. The maximum Gasteiger partial charge on any atom is 0.265 e. The minimum Gasteiger partial charge on any atom is -0.268 e. The Balaban J connectivity index is 2.00. The lowest BCUT2D eigenvalue weighted by molar-refractivity contribution is 0.0981. The van der Waals surface area contributed by atoms with Crippen molar-refractivity contribution in [1.82, 2.24) is 9.71 Å². The number of hydrogen-bond acceptors (Lipinski definition) is 4. The van der Waals surface area contributed by atoms with Gasteiger partial charge in [-0.2, -0.15) is 0 Å². The second kappa shape index (κ2) is 6.39. The van der Waals surface area contributed by atoms with E-state index in [1.165, 1.54) is 30.5 Å².